The summed E-state index contributed by atoms with van der Waals surface area (Å²) in [6, 6.07) is 17.1. The van der Waals surface area contributed by atoms with Crippen LogP contribution in [0.3, 0.4) is 0 Å². The molecule has 2 aromatic carbocycles. The number of hydrogen-bond acceptors (Lipinski definition) is 5. The molecule has 0 saturated carbocycles. The van der Waals surface area contributed by atoms with Gasteiger partial charge in [0, 0.05) is 5.02 Å². The van der Waals surface area contributed by atoms with E-state index in [1.807, 2.05) is 54.6 Å². The zero-order chi connectivity index (χ0) is 16.6. The van der Waals surface area contributed by atoms with Crippen LogP contribution in [0.5, 0.6) is 11.5 Å². The SMILES string of the molecule is Clc1ccc(OC2CN=C(NCCOc3ccccc3)NC2)cc1. The highest BCUT2D eigenvalue weighted by Gasteiger charge is 2.16. The Morgan fingerprint density at radius 2 is 1.88 bits per heavy atom. The summed E-state index contributed by atoms with van der Waals surface area (Å²) < 4.78 is 11.5. The van der Waals surface area contributed by atoms with Crippen LogP contribution in [0.25, 0.3) is 0 Å². The van der Waals surface area contributed by atoms with Gasteiger partial charge >= 0.3 is 0 Å². The van der Waals surface area contributed by atoms with Gasteiger partial charge in [-0.05, 0) is 36.4 Å². The third kappa shape index (κ3) is 5.06. The molecular formula is C18H20ClN3O2. The lowest BCUT2D eigenvalue weighted by Gasteiger charge is -2.24. The molecule has 1 heterocycles. The monoisotopic (exact) mass is 345 g/mol. The number of hydrogen-bond donors (Lipinski definition) is 2. The summed E-state index contributed by atoms with van der Waals surface area (Å²) in [6.45, 7) is 2.57. The molecule has 0 saturated heterocycles. The number of nitrogens with one attached hydrogen (secondary N) is 2. The highest BCUT2D eigenvalue weighted by molar-refractivity contribution is 6.30. The summed E-state index contributed by atoms with van der Waals surface area (Å²) in [5, 5.41) is 7.16. The number of ether oxygens (including phenoxy) is 2. The number of rotatable bonds is 6. The molecule has 24 heavy (non-hydrogen) atoms. The molecule has 126 valence electrons. The van der Waals surface area contributed by atoms with Crippen molar-refractivity contribution in [2.24, 2.45) is 4.99 Å². The maximum Gasteiger partial charge on any atom is 0.191 e. The van der Waals surface area contributed by atoms with Crippen LogP contribution >= 0.6 is 11.6 Å². The highest BCUT2D eigenvalue weighted by atomic mass is 35.5. The fourth-order valence-corrected chi connectivity index (χ4v) is 2.41. The normalized spacial score (nSPS) is 16.7. The van der Waals surface area contributed by atoms with Crippen LogP contribution in [-0.2, 0) is 0 Å². The van der Waals surface area contributed by atoms with Crippen LogP contribution in [0.4, 0.5) is 0 Å². The molecule has 0 aromatic heterocycles. The van der Waals surface area contributed by atoms with Gasteiger partial charge in [0.15, 0.2) is 5.96 Å². The number of para-hydroxylation sites is 1. The second kappa shape index (κ2) is 8.45. The van der Waals surface area contributed by atoms with Gasteiger partial charge in [0.25, 0.3) is 0 Å². The summed E-state index contributed by atoms with van der Waals surface area (Å²) in [5.41, 5.74) is 0. The van der Waals surface area contributed by atoms with E-state index in [1.165, 1.54) is 0 Å². The van der Waals surface area contributed by atoms with Crippen molar-refractivity contribution >= 4 is 17.6 Å². The maximum absolute atomic E-state index is 5.86. The number of benzene rings is 2. The Hall–Kier alpha value is -2.40. The fourth-order valence-electron chi connectivity index (χ4n) is 2.28. The number of nitrogens with zero attached hydrogens (tertiary/aromatic N) is 1. The van der Waals surface area contributed by atoms with Gasteiger partial charge in [-0.2, -0.15) is 0 Å². The molecule has 0 amide bonds. The molecule has 3 rings (SSSR count). The first kappa shape index (κ1) is 16.5. The molecule has 5 nitrogen and oxygen atoms in total. The first-order valence-corrected chi connectivity index (χ1v) is 8.30. The predicted molar refractivity (Wildman–Crippen MR) is 96.1 cm³/mol. The Morgan fingerprint density at radius 3 is 2.58 bits per heavy atom. The van der Waals surface area contributed by atoms with Crippen molar-refractivity contribution in [2.75, 3.05) is 26.2 Å². The number of halogens is 1. The van der Waals surface area contributed by atoms with Gasteiger partial charge in [0.2, 0.25) is 0 Å². The molecule has 1 atom stereocenters. The van der Waals surface area contributed by atoms with Crippen molar-refractivity contribution in [1.29, 1.82) is 0 Å². The minimum Gasteiger partial charge on any atom is -0.492 e. The molecule has 6 heteroatoms. The summed E-state index contributed by atoms with van der Waals surface area (Å²) in [6.07, 6.45) is 0.0114. The van der Waals surface area contributed by atoms with E-state index < -0.39 is 0 Å². The predicted octanol–water partition coefficient (Wildman–Crippen LogP) is 2.72. The third-order valence-corrected chi connectivity index (χ3v) is 3.73. The fraction of sp³-hybridized carbons (Fsp3) is 0.278. The molecule has 1 aliphatic rings. The lowest BCUT2D eigenvalue weighted by Crippen LogP contribution is -2.48. The zero-order valence-electron chi connectivity index (χ0n) is 13.2. The van der Waals surface area contributed by atoms with E-state index in [0.717, 1.165) is 17.5 Å². The van der Waals surface area contributed by atoms with Gasteiger partial charge in [-0.1, -0.05) is 29.8 Å². The molecule has 1 aliphatic heterocycles. The van der Waals surface area contributed by atoms with Crippen LogP contribution in [0.2, 0.25) is 5.02 Å². The Labute approximate surface area is 146 Å². The van der Waals surface area contributed by atoms with Crippen molar-refractivity contribution in [3.8, 4) is 11.5 Å². The first-order chi connectivity index (χ1) is 11.8. The smallest absolute Gasteiger partial charge is 0.191 e. The first-order valence-electron chi connectivity index (χ1n) is 7.92. The molecule has 0 aliphatic carbocycles. The van der Waals surface area contributed by atoms with Gasteiger partial charge in [-0.25, -0.2) is 4.99 Å². The summed E-state index contributed by atoms with van der Waals surface area (Å²) >= 11 is 5.86. The maximum atomic E-state index is 5.86. The van der Waals surface area contributed by atoms with Gasteiger partial charge in [0.05, 0.1) is 19.6 Å². The topological polar surface area (TPSA) is 54.9 Å². The molecule has 0 spiro atoms. The van der Waals surface area contributed by atoms with Gasteiger partial charge in [-0.3, -0.25) is 0 Å². The van der Waals surface area contributed by atoms with Crippen LogP contribution in [0.15, 0.2) is 59.6 Å². The van der Waals surface area contributed by atoms with Crippen LogP contribution in [0, 0.1) is 0 Å². The van der Waals surface area contributed by atoms with E-state index in [9.17, 15) is 0 Å². The zero-order valence-corrected chi connectivity index (χ0v) is 14.0. The molecule has 2 aromatic rings. The van der Waals surface area contributed by atoms with Crippen LogP contribution in [-0.4, -0.2) is 38.3 Å². The quantitative estimate of drug-likeness (QED) is 0.790. The molecule has 2 N–H and O–H groups in total. The lowest BCUT2D eigenvalue weighted by molar-refractivity contribution is 0.206. The highest BCUT2D eigenvalue weighted by Crippen LogP contribution is 2.17. The van der Waals surface area contributed by atoms with Gasteiger partial charge < -0.3 is 20.1 Å². The van der Waals surface area contributed by atoms with Crippen molar-refractivity contribution in [3.63, 3.8) is 0 Å². The van der Waals surface area contributed by atoms with Crippen molar-refractivity contribution < 1.29 is 9.47 Å². The molecule has 1 unspecified atom stereocenters. The molecule has 0 fully saturated rings. The minimum atomic E-state index is 0.0114. The van der Waals surface area contributed by atoms with E-state index in [-0.39, 0.29) is 6.10 Å². The average molecular weight is 346 g/mol. The molecule has 0 radical (unpaired) electrons. The van der Waals surface area contributed by atoms with E-state index in [4.69, 9.17) is 21.1 Å². The Morgan fingerprint density at radius 1 is 1.08 bits per heavy atom. The van der Waals surface area contributed by atoms with E-state index in [0.29, 0.717) is 31.3 Å². The average Bonchev–Trinajstić information content (AvgIpc) is 2.63. The molecule has 0 bridgehead atoms. The Bertz CT molecular complexity index is 662. The second-order valence-corrected chi connectivity index (χ2v) is 5.79. The van der Waals surface area contributed by atoms with Crippen LogP contribution in [0.1, 0.15) is 0 Å². The number of guanidine groups is 1. The van der Waals surface area contributed by atoms with E-state index in [1.54, 1.807) is 0 Å². The van der Waals surface area contributed by atoms with Crippen molar-refractivity contribution in [1.82, 2.24) is 10.6 Å². The van der Waals surface area contributed by atoms with Crippen LogP contribution < -0.4 is 20.1 Å². The summed E-state index contributed by atoms with van der Waals surface area (Å²) in [5.74, 6) is 2.45. The Kier molecular flexibility index (Phi) is 5.80. The largest absolute Gasteiger partial charge is 0.492 e. The van der Waals surface area contributed by atoms with Crippen molar-refractivity contribution in [3.05, 3.63) is 59.6 Å². The van der Waals surface area contributed by atoms with Crippen molar-refractivity contribution in [2.45, 2.75) is 6.10 Å². The van der Waals surface area contributed by atoms with Gasteiger partial charge in [-0.15, -0.1) is 0 Å². The second-order valence-electron chi connectivity index (χ2n) is 5.35. The Balaban J connectivity index is 1.37. The van der Waals surface area contributed by atoms with E-state index in [2.05, 4.69) is 15.6 Å². The number of aliphatic imine (C=N–C) groups is 1. The third-order valence-electron chi connectivity index (χ3n) is 3.47. The summed E-state index contributed by atoms with van der Waals surface area (Å²) in [7, 11) is 0. The van der Waals surface area contributed by atoms with Gasteiger partial charge in [0.1, 0.15) is 24.2 Å². The summed E-state index contributed by atoms with van der Waals surface area (Å²) in [4.78, 5) is 4.46. The minimum absolute atomic E-state index is 0.0114. The standard InChI is InChI=1S/C18H20ClN3O2/c19-14-6-8-16(9-7-14)24-17-12-21-18(22-13-17)20-10-11-23-15-4-2-1-3-5-15/h1-9,17H,10-13H2,(H2,20,21,22). The van der Waals surface area contributed by atoms with E-state index >= 15 is 0 Å². The molecular weight excluding hydrogens is 326 g/mol. The lowest BCUT2D eigenvalue weighted by atomic mass is 10.3.